The molecule has 13 heteroatoms. The number of hydrogen-bond donors (Lipinski definition) is 2. The van der Waals surface area contributed by atoms with Crippen molar-refractivity contribution in [3.63, 3.8) is 0 Å². The summed E-state index contributed by atoms with van der Waals surface area (Å²) in [7, 11) is 1.53. The summed E-state index contributed by atoms with van der Waals surface area (Å²) in [6.45, 7) is 1.18. The Hall–Kier alpha value is -4.23. The molecule has 2 aliphatic heterocycles. The number of carbonyl (C=O) groups is 2. The smallest absolute Gasteiger partial charge is 0.416 e. The summed E-state index contributed by atoms with van der Waals surface area (Å²) in [5.41, 5.74) is 0.374. The quantitative estimate of drug-likeness (QED) is 0.421. The molecule has 0 unspecified atom stereocenters. The number of nitrogens with one attached hydrogen (secondary N) is 1. The number of amides is 2. The number of rotatable bonds is 8. The minimum atomic E-state index is -0.484. The average Bonchev–Trinajstić information content (AvgIpc) is 3.30. The molecule has 13 nitrogen and oxygen atoms in total. The van der Waals surface area contributed by atoms with E-state index in [0.717, 1.165) is 11.8 Å². The lowest BCUT2D eigenvalue weighted by Crippen LogP contribution is -2.49. The number of pyridine rings is 3. The summed E-state index contributed by atoms with van der Waals surface area (Å²) in [4.78, 5) is 50.1. The van der Waals surface area contributed by atoms with Crippen molar-refractivity contribution in [1.29, 1.82) is 0 Å². The van der Waals surface area contributed by atoms with Gasteiger partial charge in [0.15, 0.2) is 18.2 Å². The van der Waals surface area contributed by atoms with Gasteiger partial charge in [-0.25, -0.2) is 9.78 Å². The highest BCUT2D eigenvalue weighted by atomic mass is 16.6. The summed E-state index contributed by atoms with van der Waals surface area (Å²) in [6.07, 6.45) is 1.16. The van der Waals surface area contributed by atoms with E-state index in [1.54, 1.807) is 33.7 Å². The average molecular weight is 551 g/mol. The lowest BCUT2D eigenvalue weighted by atomic mass is 9.87. The van der Waals surface area contributed by atoms with Crippen molar-refractivity contribution in [1.82, 2.24) is 19.4 Å². The van der Waals surface area contributed by atoms with Gasteiger partial charge >= 0.3 is 6.09 Å². The first-order chi connectivity index (χ1) is 19.4. The fraction of sp³-hybridized carbons (Fsp3) is 0.444. The van der Waals surface area contributed by atoms with Crippen LogP contribution in [0.3, 0.4) is 0 Å². The maximum Gasteiger partial charge on any atom is 0.416 e. The Kier molecular flexibility index (Phi) is 6.98. The van der Waals surface area contributed by atoms with Gasteiger partial charge in [0.05, 0.1) is 19.8 Å². The first kappa shape index (κ1) is 26.0. The third-order valence-electron chi connectivity index (χ3n) is 7.75. The highest BCUT2D eigenvalue weighted by molar-refractivity contribution is 5.95. The van der Waals surface area contributed by atoms with Crippen LogP contribution < -0.4 is 25.2 Å². The molecule has 40 heavy (non-hydrogen) atoms. The molecule has 0 spiro atoms. The number of aromatic nitrogens is 3. The first-order valence-corrected chi connectivity index (χ1v) is 13.3. The molecule has 0 aromatic carbocycles. The molecule has 5 heterocycles. The number of aliphatic hydroxyl groups excluding tert-OH is 1. The van der Waals surface area contributed by atoms with Crippen LogP contribution in [0.15, 0.2) is 41.2 Å². The predicted octanol–water partition coefficient (Wildman–Crippen LogP) is 1.37. The van der Waals surface area contributed by atoms with Gasteiger partial charge in [-0.15, -0.1) is 0 Å². The Balaban J connectivity index is 1.17. The van der Waals surface area contributed by atoms with Gasteiger partial charge in [0.1, 0.15) is 17.6 Å². The molecule has 1 saturated carbocycles. The van der Waals surface area contributed by atoms with Crippen molar-refractivity contribution in [2.75, 3.05) is 43.6 Å². The second kappa shape index (κ2) is 10.7. The van der Waals surface area contributed by atoms with Crippen molar-refractivity contribution in [2.45, 2.75) is 44.0 Å². The van der Waals surface area contributed by atoms with E-state index in [4.69, 9.17) is 14.2 Å². The van der Waals surface area contributed by atoms with Gasteiger partial charge in [-0.1, -0.05) is 0 Å². The molecule has 0 radical (unpaired) electrons. The molecule has 2 N–H and O–H groups in total. The molecule has 3 atom stereocenters. The standard InChI is InChI=1S/C27H30N6O7/c1-38-23-8-2-16-3-9-24(36)32(26(16)30-23)11-10-31(12-13-34)17-4-5-18-20(14-17)40-27(37)33(18)21-7-6-19-25(28-21)29-22(35)15-39-19/h2-3,6-9,17-18,20,34H,4-5,10-15H2,1H3,(H,28,29,35)/t17-,18-,20+/m0/s1. The monoisotopic (exact) mass is 550 g/mol. The van der Waals surface area contributed by atoms with E-state index in [1.165, 1.54) is 13.2 Å². The predicted molar refractivity (Wildman–Crippen MR) is 144 cm³/mol. The molecule has 2 fully saturated rings. The Morgan fingerprint density at radius 3 is 2.77 bits per heavy atom. The van der Waals surface area contributed by atoms with Crippen molar-refractivity contribution in [3.8, 4) is 11.6 Å². The zero-order chi connectivity index (χ0) is 27.8. The Labute approximate surface area is 229 Å². The fourth-order valence-corrected chi connectivity index (χ4v) is 5.83. The van der Waals surface area contributed by atoms with Gasteiger partial charge in [-0.2, -0.15) is 4.98 Å². The maximum absolute atomic E-state index is 12.9. The minimum absolute atomic E-state index is 0.0403. The summed E-state index contributed by atoms with van der Waals surface area (Å²) in [6, 6.07) is 10.1. The van der Waals surface area contributed by atoms with Crippen molar-refractivity contribution in [2.24, 2.45) is 0 Å². The van der Waals surface area contributed by atoms with Gasteiger partial charge < -0.3 is 24.6 Å². The molecular formula is C27H30N6O7. The molecule has 3 aliphatic rings. The lowest BCUT2D eigenvalue weighted by Gasteiger charge is -2.38. The van der Waals surface area contributed by atoms with E-state index in [-0.39, 0.29) is 48.7 Å². The second-order valence-electron chi connectivity index (χ2n) is 10.0. The zero-order valence-electron chi connectivity index (χ0n) is 22.0. The molecule has 1 saturated heterocycles. The van der Waals surface area contributed by atoms with Crippen LogP contribution >= 0.6 is 0 Å². The molecule has 210 valence electrons. The molecule has 0 bridgehead atoms. The SMILES string of the molecule is COc1ccc2ccc(=O)n(CCN(CCO)[C@H]3CC[C@H]4[C@@H](C3)OC(=O)N4c3ccc4c(n3)NC(=O)CO4)c2n1. The number of nitrogens with zero attached hydrogens (tertiary/aromatic N) is 5. The number of anilines is 2. The van der Waals surface area contributed by atoms with Crippen LogP contribution in [0.25, 0.3) is 11.0 Å². The number of aliphatic hydroxyl groups is 1. The topological polar surface area (TPSA) is 148 Å². The van der Waals surface area contributed by atoms with E-state index in [0.29, 0.717) is 55.6 Å². The van der Waals surface area contributed by atoms with E-state index in [2.05, 4.69) is 20.2 Å². The number of methoxy groups -OCH3 is 1. The van der Waals surface area contributed by atoms with Crippen molar-refractivity contribution >= 4 is 34.7 Å². The highest BCUT2D eigenvalue weighted by Crippen LogP contribution is 2.38. The van der Waals surface area contributed by atoms with Crippen LogP contribution in [0.2, 0.25) is 0 Å². The van der Waals surface area contributed by atoms with E-state index in [9.17, 15) is 19.5 Å². The van der Waals surface area contributed by atoms with E-state index in [1.807, 2.05) is 6.07 Å². The number of fused-ring (bicyclic) bond motifs is 3. The Bertz CT molecular complexity index is 1510. The van der Waals surface area contributed by atoms with Gasteiger partial charge in [0.25, 0.3) is 11.5 Å². The van der Waals surface area contributed by atoms with E-state index < -0.39 is 6.09 Å². The number of carbonyl (C=O) groups excluding carboxylic acids is 2. The summed E-state index contributed by atoms with van der Waals surface area (Å²) >= 11 is 0. The molecular weight excluding hydrogens is 520 g/mol. The van der Waals surface area contributed by atoms with Gasteiger partial charge in [-0.05, 0) is 37.1 Å². The molecule has 1 aliphatic carbocycles. The van der Waals surface area contributed by atoms with Crippen molar-refractivity contribution in [3.05, 3.63) is 46.8 Å². The van der Waals surface area contributed by atoms with Gasteiger partial charge in [0.2, 0.25) is 5.88 Å². The summed E-state index contributed by atoms with van der Waals surface area (Å²) < 4.78 is 18.0. The van der Waals surface area contributed by atoms with Crippen LogP contribution in [-0.4, -0.2) is 88.1 Å². The highest BCUT2D eigenvalue weighted by Gasteiger charge is 2.47. The second-order valence-corrected chi connectivity index (χ2v) is 10.0. The minimum Gasteiger partial charge on any atom is -0.481 e. The molecule has 2 amide bonds. The molecule has 6 rings (SSSR count). The van der Waals surface area contributed by atoms with E-state index >= 15 is 0 Å². The normalized spacial score (nSPS) is 22.0. The Morgan fingerprint density at radius 2 is 1.95 bits per heavy atom. The number of hydrogen-bond acceptors (Lipinski definition) is 10. The third-order valence-corrected chi connectivity index (χ3v) is 7.75. The summed E-state index contributed by atoms with van der Waals surface area (Å²) in [5, 5.41) is 13.3. The summed E-state index contributed by atoms with van der Waals surface area (Å²) in [5.74, 6) is 1.25. The first-order valence-electron chi connectivity index (χ1n) is 13.3. The van der Waals surface area contributed by atoms with Crippen molar-refractivity contribution < 1.29 is 28.9 Å². The third kappa shape index (κ3) is 4.82. The van der Waals surface area contributed by atoms with Crippen LogP contribution in [-0.2, 0) is 16.1 Å². The molecule has 3 aromatic rings. The van der Waals surface area contributed by atoms with Crippen LogP contribution in [0.1, 0.15) is 19.3 Å². The van der Waals surface area contributed by atoms with Gasteiger partial charge in [0, 0.05) is 49.6 Å². The van der Waals surface area contributed by atoms with Crippen LogP contribution in [0, 0.1) is 0 Å². The van der Waals surface area contributed by atoms with Crippen LogP contribution in [0.5, 0.6) is 11.6 Å². The largest absolute Gasteiger partial charge is 0.481 e. The number of ether oxygens (including phenoxy) is 3. The molecule has 3 aromatic heterocycles. The fourth-order valence-electron chi connectivity index (χ4n) is 5.83. The maximum atomic E-state index is 12.9. The van der Waals surface area contributed by atoms with Crippen LogP contribution in [0.4, 0.5) is 16.4 Å². The lowest BCUT2D eigenvalue weighted by molar-refractivity contribution is -0.118. The van der Waals surface area contributed by atoms with Gasteiger partial charge in [-0.3, -0.25) is 24.0 Å². The Morgan fingerprint density at radius 1 is 1.10 bits per heavy atom. The zero-order valence-corrected chi connectivity index (χ0v) is 22.0.